The molecule has 0 unspecified atom stereocenters. The molecule has 0 bridgehead atoms. The molecular weight excluding hydrogens is 262 g/mol. The monoisotopic (exact) mass is 283 g/mol. The van der Waals surface area contributed by atoms with Gasteiger partial charge in [-0.2, -0.15) is 0 Å². The zero-order valence-electron chi connectivity index (χ0n) is 11.5. The second-order valence-corrected chi connectivity index (χ2v) is 6.91. The van der Waals surface area contributed by atoms with Crippen molar-refractivity contribution in [2.24, 2.45) is 0 Å². The molecule has 0 heterocycles. The molecule has 19 heavy (non-hydrogen) atoms. The summed E-state index contributed by atoms with van der Waals surface area (Å²) in [6, 6.07) is 8.07. The average Bonchev–Trinajstić information content (AvgIpc) is 2.26. The molecular formula is C14H21NO3S. The summed E-state index contributed by atoms with van der Waals surface area (Å²) in [5.41, 5.74) is 2.24. The van der Waals surface area contributed by atoms with Crippen LogP contribution in [0.4, 0.5) is 0 Å². The lowest BCUT2D eigenvalue weighted by molar-refractivity contribution is -0.903. The van der Waals surface area contributed by atoms with Gasteiger partial charge in [0, 0.05) is 17.7 Å². The normalized spacial score (nSPS) is 12.4. The Morgan fingerprint density at radius 3 is 2.63 bits per heavy atom. The van der Waals surface area contributed by atoms with Crippen LogP contribution in [0.1, 0.15) is 17.5 Å². The van der Waals surface area contributed by atoms with Crippen LogP contribution in [-0.4, -0.2) is 43.8 Å². The minimum absolute atomic E-state index is 0.290. The van der Waals surface area contributed by atoms with Crippen molar-refractivity contribution in [3.63, 3.8) is 0 Å². The van der Waals surface area contributed by atoms with Crippen LogP contribution >= 0.6 is 0 Å². The van der Waals surface area contributed by atoms with Crippen LogP contribution in [0, 0.1) is 0 Å². The zero-order valence-corrected chi connectivity index (χ0v) is 12.3. The lowest BCUT2D eigenvalue weighted by atomic mass is 10.1. The van der Waals surface area contributed by atoms with Crippen LogP contribution in [0.5, 0.6) is 0 Å². The van der Waals surface area contributed by atoms with E-state index in [9.17, 15) is 13.0 Å². The first kappa shape index (κ1) is 15.9. The number of benzene rings is 1. The minimum Gasteiger partial charge on any atom is -0.748 e. The van der Waals surface area contributed by atoms with E-state index in [0.717, 1.165) is 12.1 Å². The van der Waals surface area contributed by atoms with Crippen LogP contribution in [0.2, 0.25) is 0 Å². The maximum atomic E-state index is 10.6. The lowest BCUT2D eigenvalue weighted by Crippen LogP contribution is -2.40. The highest BCUT2D eigenvalue weighted by Gasteiger charge is 2.16. The van der Waals surface area contributed by atoms with Crippen molar-refractivity contribution < 1.29 is 17.5 Å². The van der Waals surface area contributed by atoms with Gasteiger partial charge in [0.15, 0.2) is 0 Å². The Balaban J connectivity index is 2.60. The molecule has 0 spiro atoms. The molecule has 0 aliphatic rings. The fourth-order valence-electron chi connectivity index (χ4n) is 2.06. The Hall–Kier alpha value is -1.17. The van der Waals surface area contributed by atoms with Crippen LogP contribution < -0.4 is 0 Å². The summed E-state index contributed by atoms with van der Waals surface area (Å²) < 4.78 is 32.4. The van der Waals surface area contributed by atoms with Crippen molar-refractivity contribution in [2.45, 2.75) is 13.0 Å². The highest BCUT2D eigenvalue weighted by molar-refractivity contribution is 7.85. The minimum atomic E-state index is -4.10. The first-order valence-electron chi connectivity index (χ1n) is 6.19. The predicted molar refractivity (Wildman–Crippen MR) is 76.4 cm³/mol. The number of nitrogens with zero attached hydrogens (tertiary/aromatic N) is 1. The summed E-state index contributed by atoms with van der Waals surface area (Å²) in [7, 11) is -0.0517. The molecule has 0 N–H and O–H groups in total. The SMILES string of the molecule is C=Cc1cccc(C[N+](C)(C)CCCS(=O)(=O)[O-])c1. The Morgan fingerprint density at radius 2 is 2.05 bits per heavy atom. The second kappa shape index (κ2) is 6.32. The van der Waals surface area contributed by atoms with Crippen LogP contribution in [0.15, 0.2) is 30.8 Å². The summed E-state index contributed by atoms with van der Waals surface area (Å²) in [6.07, 6.45) is 2.19. The van der Waals surface area contributed by atoms with Gasteiger partial charge in [0.05, 0.1) is 30.8 Å². The lowest BCUT2D eigenvalue weighted by Gasteiger charge is -2.30. The Bertz CT molecular complexity index is 535. The van der Waals surface area contributed by atoms with Crippen LogP contribution in [-0.2, 0) is 16.7 Å². The quantitative estimate of drug-likeness (QED) is 0.567. The van der Waals surface area contributed by atoms with Crippen molar-refractivity contribution in [1.29, 1.82) is 0 Å². The summed E-state index contributed by atoms with van der Waals surface area (Å²) in [6.45, 7) is 5.18. The Morgan fingerprint density at radius 1 is 1.37 bits per heavy atom. The van der Waals surface area contributed by atoms with E-state index in [2.05, 4.69) is 12.6 Å². The molecule has 0 amide bonds. The molecule has 0 saturated heterocycles. The van der Waals surface area contributed by atoms with Crippen molar-refractivity contribution in [2.75, 3.05) is 26.4 Å². The van der Waals surface area contributed by atoms with Gasteiger partial charge >= 0.3 is 0 Å². The first-order chi connectivity index (χ1) is 8.72. The molecule has 0 atom stereocenters. The molecule has 0 radical (unpaired) electrons. The van der Waals surface area contributed by atoms with E-state index >= 15 is 0 Å². The smallest absolute Gasteiger partial charge is 0.104 e. The molecule has 0 aromatic heterocycles. The summed E-state index contributed by atoms with van der Waals surface area (Å²) in [5.74, 6) is -0.290. The van der Waals surface area contributed by atoms with Crippen molar-refractivity contribution in [3.05, 3.63) is 42.0 Å². The van der Waals surface area contributed by atoms with Gasteiger partial charge in [-0.1, -0.05) is 30.9 Å². The molecule has 4 nitrogen and oxygen atoms in total. The second-order valence-electron chi connectivity index (χ2n) is 5.38. The summed E-state index contributed by atoms with van der Waals surface area (Å²) in [5, 5.41) is 0. The van der Waals surface area contributed by atoms with E-state index in [4.69, 9.17) is 0 Å². The molecule has 0 aliphatic carbocycles. The largest absolute Gasteiger partial charge is 0.748 e. The van der Waals surface area contributed by atoms with E-state index in [1.54, 1.807) is 6.08 Å². The third kappa shape index (κ3) is 6.52. The number of hydrogen-bond donors (Lipinski definition) is 0. The van der Waals surface area contributed by atoms with E-state index in [0.29, 0.717) is 17.4 Å². The van der Waals surface area contributed by atoms with Crippen LogP contribution in [0.3, 0.4) is 0 Å². The Kier molecular flexibility index (Phi) is 5.29. The summed E-state index contributed by atoms with van der Waals surface area (Å²) in [4.78, 5) is 0. The molecule has 106 valence electrons. The third-order valence-corrected chi connectivity index (χ3v) is 3.74. The molecule has 1 rings (SSSR count). The average molecular weight is 283 g/mol. The highest BCUT2D eigenvalue weighted by Crippen LogP contribution is 2.13. The van der Waals surface area contributed by atoms with Gasteiger partial charge in [-0.25, -0.2) is 8.42 Å². The molecule has 5 heteroatoms. The third-order valence-electron chi connectivity index (χ3n) is 2.96. The van der Waals surface area contributed by atoms with Gasteiger partial charge < -0.3 is 9.04 Å². The maximum absolute atomic E-state index is 10.6. The van der Waals surface area contributed by atoms with Gasteiger partial charge in [0.25, 0.3) is 0 Å². The maximum Gasteiger partial charge on any atom is 0.104 e. The van der Waals surface area contributed by atoms with Crippen molar-refractivity contribution >= 4 is 16.2 Å². The molecule has 1 aromatic carbocycles. The van der Waals surface area contributed by atoms with Gasteiger partial charge in [0.1, 0.15) is 6.54 Å². The Labute approximate surface area is 115 Å². The highest BCUT2D eigenvalue weighted by atomic mass is 32.2. The van der Waals surface area contributed by atoms with E-state index in [1.807, 2.05) is 32.3 Å². The van der Waals surface area contributed by atoms with E-state index in [1.165, 1.54) is 5.56 Å². The van der Waals surface area contributed by atoms with E-state index in [-0.39, 0.29) is 5.75 Å². The van der Waals surface area contributed by atoms with Gasteiger partial charge in [-0.05, 0) is 11.6 Å². The zero-order chi connectivity index (χ0) is 14.5. The molecule has 0 saturated carbocycles. The first-order valence-corrected chi connectivity index (χ1v) is 7.76. The van der Waals surface area contributed by atoms with E-state index < -0.39 is 10.1 Å². The molecule has 0 fully saturated rings. The van der Waals surface area contributed by atoms with Crippen LogP contribution in [0.25, 0.3) is 6.08 Å². The van der Waals surface area contributed by atoms with Gasteiger partial charge in [0.2, 0.25) is 0 Å². The van der Waals surface area contributed by atoms with Gasteiger partial charge in [-0.3, -0.25) is 0 Å². The number of rotatable bonds is 7. The number of quaternary nitrogens is 1. The predicted octanol–water partition coefficient (Wildman–Crippen LogP) is 1.84. The molecule has 0 aliphatic heterocycles. The number of hydrogen-bond acceptors (Lipinski definition) is 3. The fourth-order valence-corrected chi connectivity index (χ4v) is 2.54. The topological polar surface area (TPSA) is 57.2 Å². The summed E-state index contributed by atoms with van der Waals surface area (Å²) >= 11 is 0. The standard InChI is InChI=1S/C14H21NO3S/c1-4-13-7-5-8-14(11-13)12-15(2,3)9-6-10-19(16,17)18/h4-5,7-8,11H,1,6,9-10,12H2,2-3H3. The fraction of sp³-hybridized carbons (Fsp3) is 0.429. The van der Waals surface area contributed by atoms with Gasteiger partial charge in [-0.15, -0.1) is 0 Å². The van der Waals surface area contributed by atoms with Crippen molar-refractivity contribution in [3.8, 4) is 0 Å². The van der Waals surface area contributed by atoms with Crippen molar-refractivity contribution in [1.82, 2.24) is 0 Å². The molecule has 1 aromatic rings.